The number of benzene rings is 2. The highest BCUT2D eigenvalue weighted by Gasteiger charge is 2.23. The van der Waals surface area contributed by atoms with Crippen LogP contribution in [0.1, 0.15) is 89.5 Å². The molecule has 4 N–H and O–H groups in total. The fraction of sp³-hybridized carbons (Fsp3) is 0.424. The maximum atomic E-state index is 13.8. The molecule has 1 amide bonds. The fourth-order valence-corrected chi connectivity index (χ4v) is 6.42. The minimum absolute atomic E-state index is 0.0560. The quantitative estimate of drug-likeness (QED) is 0.0825. The standard InChI is InChI=1S/C33H40Cl4N6O2/c1-3-4-5-6-7-8-9-10-11-12-13-14-28(44)39-23-15-16-24(35)27(19-23)40-32-29(30-21(2)20-38-41-30)33(45)43(42-32)31-25(36)17-22(34)18-26(31)37/h15-20,40,42H,3-14H2,1-2H3,(H,38,41)(H,39,44). The van der Waals surface area contributed by atoms with Crippen molar-refractivity contribution in [3.05, 3.63) is 72.5 Å². The summed E-state index contributed by atoms with van der Waals surface area (Å²) in [4.78, 5) is 26.5. The summed E-state index contributed by atoms with van der Waals surface area (Å²) in [6.45, 7) is 4.08. The molecular formula is C33H40Cl4N6O2. The third kappa shape index (κ3) is 9.55. The van der Waals surface area contributed by atoms with Gasteiger partial charge in [0, 0.05) is 17.1 Å². The van der Waals surface area contributed by atoms with E-state index in [1.54, 1.807) is 24.4 Å². The SMILES string of the molecule is CCCCCCCCCCCCCC(=O)Nc1ccc(Cl)c(Nc2[nH]n(-c3c(Cl)cc(Cl)cc3Cl)c(=O)c2-c2[nH]ncc2C)c1. The van der Waals surface area contributed by atoms with Crippen LogP contribution in [0.3, 0.4) is 0 Å². The van der Waals surface area contributed by atoms with E-state index in [9.17, 15) is 9.59 Å². The first kappa shape index (κ1) is 35.0. The lowest BCUT2D eigenvalue weighted by Crippen LogP contribution is -2.17. The zero-order chi connectivity index (χ0) is 32.3. The second-order valence-electron chi connectivity index (χ2n) is 11.3. The number of aromatic nitrogens is 4. The van der Waals surface area contributed by atoms with Crippen LogP contribution in [0.15, 0.2) is 41.3 Å². The van der Waals surface area contributed by atoms with Gasteiger partial charge in [0.15, 0.2) is 0 Å². The molecule has 0 saturated carbocycles. The van der Waals surface area contributed by atoms with Gasteiger partial charge in [-0.25, -0.2) is 4.68 Å². The van der Waals surface area contributed by atoms with Crippen molar-refractivity contribution in [1.82, 2.24) is 20.0 Å². The molecule has 4 rings (SSSR count). The molecule has 0 aliphatic heterocycles. The van der Waals surface area contributed by atoms with Gasteiger partial charge < -0.3 is 10.6 Å². The van der Waals surface area contributed by atoms with Crippen molar-refractivity contribution >= 4 is 69.5 Å². The molecule has 0 atom stereocenters. The number of amides is 1. The molecule has 2 heterocycles. The number of nitrogens with zero attached hydrogens (tertiary/aromatic N) is 2. The number of aryl methyl sites for hydroxylation is 1. The molecule has 2 aromatic heterocycles. The van der Waals surface area contributed by atoms with Gasteiger partial charge in [-0.05, 0) is 49.2 Å². The molecule has 0 aliphatic carbocycles. The van der Waals surface area contributed by atoms with Crippen molar-refractivity contribution < 1.29 is 4.79 Å². The van der Waals surface area contributed by atoms with Gasteiger partial charge in [0.1, 0.15) is 17.1 Å². The van der Waals surface area contributed by atoms with Crippen LogP contribution in [0, 0.1) is 6.92 Å². The number of rotatable bonds is 17. The summed E-state index contributed by atoms with van der Waals surface area (Å²) in [5.74, 6) is 0.264. The van der Waals surface area contributed by atoms with Gasteiger partial charge in [-0.1, -0.05) is 118 Å². The Kier molecular flexibility index (Phi) is 13.3. The Morgan fingerprint density at radius 1 is 0.867 bits per heavy atom. The highest BCUT2D eigenvalue weighted by molar-refractivity contribution is 6.40. The molecule has 242 valence electrons. The van der Waals surface area contributed by atoms with Crippen LogP contribution in [0.2, 0.25) is 20.1 Å². The molecule has 0 fully saturated rings. The van der Waals surface area contributed by atoms with Crippen LogP contribution in [0.25, 0.3) is 16.9 Å². The van der Waals surface area contributed by atoms with Crippen molar-refractivity contribution in [3.63, 3.8) is 0 Å². The largest absolute Gasteiger partial charge is 0.339 e. The van der Waals surface area contributed by atoms with Crippen LogP contribution in [0.5, 0.6) is 0 Å². The predicted octanol–water partition coefficient (Wildman–Crippen LogP) is 10.9. The zero-order valence-corrected chi connectivity index (χ0v) is 28.7. The third-order valence-corrected chi connectivity index (χ3v) is 8.82. The Morgan fingerprint density at radius 2 is 1.49 bits per heavy atom. The Morgan fingerprint density at radius 3 is 2.09 bits per heavy atom. The van der Waals surface area contributed by atoms with Gasteiger partial charge in [-0.3, -0.25) is 19.8 Å². The highest BCUT2D eigenvalue weighted by atomic mass is 35.5. The van der Waals surface area contributed by atoms with Crippen LogP contribution in [-0.2, 0) is 4.79 Å². The summed E-state index contributed by atoms with van der Waals surface area (Å²) in [5, 5.41) is 17.3. The minimum atomic E-state index is -0.427. The van der Waals surface area contributed by atoms with Gasteiger partial charge >= 0.3 is 0 Å². The molecule has 2 aromatic carbocycles. The van der Waals surface area contributed by atoms with E-state index in [0.717, 1.165) is 24.8 Å². The molecule has 12 heteroatoms. The Hall–Kier alpha value is -2.91. The van der Waals surface area contributed by atoms with Gasteiger partial charge in [-0.2, -0.15) is 5.10 Å². The number of hydrogen-bond donors (Lipinski definition) is 4. The number of halogens is 4. The molecule has 4 aromatic rings. The second-order valence-corrected chi connectivity index (χ2v) is 13.0. The van der Waals surface area contributed by atoms with E-state index in [4.69, 9.17) is 46.4 Å². The lowest BCUT2D eigenvalue weighted by Gasteiger charge is -2.12. The Balaban J connectivity index is 1.42. The highest BCUT2D eigenvalue weighted by Crippen LogP contribution is 2.35. The molecule has 0 spiro atoms. The van der Waals surface area contributed by atoms with E-state index in [0.29, 0.717) is 39.4 Å². The Bertz CT molecular complexity index is 1620. The molecule has 0 radical (unpaired) electrons. The number of unbranched alkanes of at least 4 members (excludes halogenated alkanes) is 10. The first-order valence-corrected chi connectivity index (χ1v) is 17.1. The van der Waals surface area contributed by atoms with E-state index < -0.39 is 5.56 Å². The predicted molar refractivity (Wildman–Crippen MR) is 188 cm³/mol. The topological polar surface area (TPSA) is 108 Å². The summed E-state index contributed by atoms with van der Waals surface area (Å²) >= 11 is 25.6. The zero-order valence-electron chi connectivity index (χ0n) is 25.7. The summed E-state index contributed by atoms with van der Waals surface area (Å²) in [6, 6.07) is 8.16. The lowest BCUT2D eigenvalue weighted by atomic mass is 10.1. The summed E-state index contributed by atoms with van der Waals surface area (Å²) in [6.07, 6.45) is 15.6. The molecule has 0 unspecified atom stereocenters. The minimum Gasteiger partial charge on any atom is -0.339 e. The first-order chi connectivity index (χ1) is 21.7. The van der Waals surface area contributed by atoms with Crippen molar-refractivity contribution in [2.24, 2.45) is 0 Å². The number of hydrogen-bond acceptors (Lipinski definition) is 4. The van der Waals surface area contributed by atoms with E-state index >= 15 is 0 Å². The fourth-order valence-electron chi connectivity index (χ4n) is 5.27. The van der Waals surface area contributed by atoms with E-state index in [1.165, 1.54) is 68.2 Å². The average molecular weight is 695 g/mol. The molecule has 0 saturated heterocycles. The summed E-state index contributed by atoms with van der Waals surface area (Å²) < 4.78 is 1.24. The van der Waals surface area contributed by atoms with Crippen molar-refractivity contribution in [1.29, 1.82) is 0 Å². The Labute approximate surface area is 284 Å². The van der Waals surface area contributed by atoms with Gasteiger partial charge in [0.2, 0.25) is 5.91 Å². The maximum Gasteiger partial charge on any atom is 0.283 e. The molecule has 45 heavy (non-hydrogen) atoms. The van der Waals surface area contributed by atoms with Gasteiger partial charge in [0.25, 0.3) is 5.56 Å². The smallest absolute Gasteiger partial charge is 0.283 e. The third-order valence-electron chi connectivity index (χ3n) is 7.69. The number of anilines is 3. The summed E-state index contributed by atoms with van der Waals surface area (Å²) in [7, 11) is 0. The van der Waals surface area contributed by atoms with E-state index in [1.807, 2.05) is 6.92 Å². The van der Waals surface area contributed by atoms with Gasteiger partial charge in [-0.15, -0.1) is 0 Å². The van der Waals surface area contributed by atoms with Crippen molar-refractivity contribution in [2.45, 2.75) is 90.9 Å². The summed E-state index contributed by atoms with van der Waals surface area (Å²) in [5.41, 5.74) is 2.41. The van der Waals surface area contributed by atoms with Crippen LogP contribution in [-0.4, -0.2) is 25.9 Å². The maximum absolute atomic E-state index is 13.8. The normalized spacial score (nSPS) is 11.2. The number of aromatic amines is 2. The van der Waals surface area contributed by atoms with Crippen LogP contribution >= 0.6 is 46.4 Å². The van der Waals surface area contributed by atoms with Crippen LogP contribution < -0.4 is 16.2 Å². The number of H-pyrrole nitrogens is 2. The second kappa shape index (κ2) is 17.1. The molecule has 0 aliphatic rings. The van der Waals surface area contributed by atoms with Crippen molar-refractivity contribution in [2.75, 3.05) is 10.6 Å². The van der Waals surface area contributed by atoms with E-state index in [2.05, 4.69) is 32.9 Å². The monoisotopic (exact) mass is 692 g/mol. The van der Waals surface area contributed by atoms with Crippen molar-refractivity contribution in [3.8, 4) is 16.9 Å². The molecule has 0 bridgehead atoms. The van der Waals surface area contributed by atoms with E-state index in [-0.39, 0.29) is 27.2 Å². The van der Waals surface area contributed by atoms with Gasteiger partial charge in [0.05, 0.1) is 32.6 Å². The number of carbonyl (C=O) groups excluding carboxylic acids is 1. The number of nitrogens with one attached hydrogen (secondary N) is 4. The molecular weight excluding hydrogens is 654 g/mol. The average Bonchev–Trinajstić information content (AvgIpc) is 3.54. The lowest BCUT2D eigenvalue weighted by molar-refractivity contribution is -0.116. The van der Waals surface area contributed by atoms with Crippen LogP contribution in [0.4, 0.5) is 17.2 Å². The molecule has 8 nitrogen and oxygen atoms in total. The number of carbonyl (C=O) groups is 1. The first-order valence-electron chi connectivity index (χ1n) is 15.6.